The summed E-state index contributed by atoms with van der Waals surface area (Å²) in [5.41, 5.74) is 0. The zero-order valence-corrected chi connectivity index (χ0v) is 8.58. The first-order chi connectivity index (χ1) is 7.46. The Morgan fingerprint density at radius 3 is 1.18 bits per heavy atom. The molecule has 4 nitrogen and oxygen atoms in total. The van der Waals surface area contributed by atoms with Crippen LogP contribution in [-0.2, 0) is 9.59 Å². The van der Waals surface area contributed by atoms with Gasteiger partial charge in [-0.1, -0.05) is 0 Å². The van der Waals surface area contributed by atoms with E-state index >= 15 is 0 Å². The molecule has 0 aromatic rings. The van der Waals surface area contributed by atoms with E-state index in [0.29, 0.717) is 14.1 Å². The first-order valence-electron chi connectivity index (χ1n) is 4.04. The summed E-state index contributed by atoms with van der Waals surface area (Å²) in [6.07, 6.45) is 0. The summed E-state index contributed by atoms with van der Waals surface area (Å²) in [5.74, 6) is -22.8. The number of amides is 2. The fraction of sp³-hybridized carbons (Fsp3) is 0.714. The molecule has 0 rings (SSSR count). The lowest BCUT2D eigenvalue weighted by molar-refractivity contribution is -0.286. The van der Waals surface area contributed by atoms with Crippen LogP contribution in [0, 0.1) is 0 Å². The predicted molar refractivity (Wildman–Crippen MR) is 43.0 cm³/mol. The molecule has 100 valence electrons. The fourth-order valence-corrected chi connectivity index (χ4v) is 0.796. The van der Waals surface area contributed by atoms with Crippen molar-refractivity contribution < 1.29 is 35.9 Å². The van der Waals surface area contributed by atoms with Crippen molar-refractivity contribution >= 4 is 11.8 Å². The highest BCUT2D eigenvalue weighted by Crippen LogP contribution is 2.45. The standard InChI is InChI=1S/C7H8F6N2O2/c1-14-3(16)5(8,9)7(12,13)6(10,11)4(17)15-2/h1-2H3,(H,14,16)(H,15,17). The molecule has 0 saturated heterocycles. The van der Waals surface area contributed by atoms with Gasteiger partial charge in [-0.15, -0.1) is 0 Å². The number of hydrogen-bond acceptors (Lipinski definition) is 2. The van der Waals surface area contributed by atoms with Gasteiger partial charge in [-0.3, -0.25) is 9.59 Å². The van der Waals surface area contributed by atoms with Gasteiger partial charge in [-0.2, -0.15) is 26.3 Å². The van der Waals surface area contributed by atoms with Crippen LogP contribution in [0.3, 0.4) is 0 Å². The summed E-state index contributed by atoms with van der Waals surface area (Å²) in [5, 5.41) is 2.21. The van der Waals surface area contributed by atoms with E-state index in [1.54, 1.807) is 0 Å². The lowest BCUT2D eigenvalue weighted by Gasteiger charge is -2.30. The van der Waals surface area contributed by atoms with Gasteiger partial charge in [0.15, 0.2) is 0 Å². The zero-order valence-electron chi connectivity index (χ0n) is 8.58. The quantitative estimate of drug-likeness (QED) is 0.723. The van der Waals surface area contributed by atoms with E-state index in [9.17, 15) is 35.9 Å². The summed E-state index contributed by atoms with van der Waals surface area (Å²) < 4.78 is 76.7. The van der Waals surface area contributed by atoms with Crippen LogP contribution >= 0.6 is 0 Å². The Morgan fingerprint density at radius 1 is 0.765 bits per heavy atom. The third kappa shape index (κ3) is 2.15. The number of halogens is 6. The highest BCUT2D eigenvalue weighted by atomic mass is 19.3. The minimum atomic E-state index is -6.15. The maximum atomic E-state index is 12.8. The molecule has 10 heteroatoms. The number of alkyl halides is 6. The second kappa shape index (κ2) is 4.41. The lowest BCUT2D eigenvalue weighted by Crippen LogP contribution is -2.64. The van der Waals surface area contributed by atoms with Gasteiger partial charge in [0.2, 0.25) is 0 Å². The molecule has 0 bridgehead atoms. The van der Waals surface area contributed by atoms with Crippen molar-refractivity contribution in [2.24, 2.45) is 0 Å². The van der Waals surface area contributed by atoms with Crippen LogP contribution in [0.15, 0.2) is 0 Å². The normalized spacial score (nSPS) is 13.2. The Kier molecular flexibility index (Phi) is 4.03. The monoisotopic (exact) mass is 266 g/mol. The third-order valence-corrected chi connectivity index (χ3v) is 1.81. The van der Waals surface area contributed by atoms with Gasteiger partial charge < -0.3 is 10.6 Å². The molecule has 0 unspecified atom stereocenters. The van der Waals surface area contributed by atoms with Crippen LogP contribution in [-0.4, -0.2) is 43.7 Å². The van der Waals surface area contributed by atoms with Crippen LogP contribution in [0.2, 0.25) is 0 Å². The van der Waals surface area contributed by atoms with E-state index < -0.39 is 29.6 Å². The van der Waals surface area contributed by atoms with Gasteiger partial charge in [-0.05, 0) is 0 Å². The van der Waals surface area contributed by atoms with Crippen molar-refractivity contribution in [3.05, 3.63) is 0 Å². The number of nitrogens with one attached hydrogen (secondary N) is 2. The molecule has 17 heavy (non-hydrogen) atoms. The van der Waals surface area contributed by atoms with Gasteiger partial charge in [-0.25, -0.2) is 0 Å². The molecule has 0 aromatic heterocycles. The molecule has 0 spiro atoms. The van der Waals surface area contributed by atoms with Crippen LogP contribution in [0.25, 0.3) is 0 Å². The molecule has 0 aromatic carbocycles. The summed E-state index contributed by atoms with van der Waals surface area (Å²) in [6, 6.07) is 0. The van der Waals surface area contributed by atoms with Crippen LogP contribution < -0.4 is 10.6 Å². The van der Waals surface area contributed by atoms with Crippen molar-refractivity contribution in [2.45, 2.75) is 17.8 Å². The summed E-state index contributed by atoms with van der Waals surface area (Å²) in [6.45, 7) is 0. The molecule has 0 heterocycles. The van der Waals surface area contributed by atoms with Crippen LogP contribution in [0.4, 0.5) is 26.3 Å². The number of carbonyl (C=O) groups excluding carboxylic acids is 2. The molecule has 0 saturated carbocycles. The second-order valence-corrected chi connectivity index (χ2v) is 2.88. The van der Waals surface area contributed by atoms with Crippen LogP contribution in [0.1, 0.15) is 0 Å². The molecule has 0 aliphatic rings. The van der Waals surface area contributed by atoms with Crippen molar-refractivity contribution in [1.29, 1.82) is 0 Å². The van der Waals surface area contributed by atoms with Crippen molar-refractivity contribution in [3.8, 4) is 0 Å². The van der Waals surface area contributed by atoms with E-state index in [1.165, 1.54) is 0 Å². The predicted octanol–water partition coefficient (Wildman–Crippen LogP) is 0.384. The van der Waals surface area contributed by atoms with Gasteiger partial charge in [0.05, 0.1) is 0 Å². The Labute approximate surface area is 91.3 Å². The molecule has 0 aliphatic carbocycles. The van der Waals surface area contributed by atoms with Gasteiger partial charge in [0, 0.05) is 14.1 Å². The highest BCUT2D eigenvalue weighted by molar-refractivity contribution is 5.89. The van der Waals surface area contributed by atoms with E-state index in [0.717, 1.165) is 10.6 Å². The molecule has 0 atom stereocenters. The molecule has 0 radical (unpaired) electrons. The highest BCUT2D eigenvalue weighted by Gasteiger charge is 2.77. The van der Waals surface area contributed by atoms with Gasteiger partial charge in [0.25, 0.3) is 11.8 Å². The third-order valence-electron chi connectivity index (χ3n) is 1.81. The minimum Gasteiger partial charge on any atom is -0.354 e. The average Bonchev–Trinajstić information content (AvgIpc) is 2.25. The zero-order chi connectivity index (χ0) is 14.1. The van der Waals surface area contributed by atoms with E-state index in [4.69, 9.17) is 0 Å². The van der Waals surface area contributed by atoms with E-state index in [-0.39, 0.29) is 0 Å². The maximum Gasteiger partial charge on any atom is 0.393 e. The Balaban J connectivity index is 5.54. The number of carbonyl (C=O) groups is 2. The number of hydrogen-bond donors (Lipinski definition) is 2. The maximum absolute atomic E-state index is 12.8. The minimum absolute atomic E-state index is 0.560. The first-order valence-corrected chi connectivity index (χ1v) is 4.04. The summed E-state index contributed by atoms with van der Waals surface area (Å²) in [4.78, 5) is 20.9. The Hall–Kier alpha value is -1.48. The molecule has 2 N–H and O–H groups in total. The smallest absolute Gasteiger partial charge is 0.354 e. The van der Waals surface area contributed by atoms with Crippen LogP contribution in [0.5, 0.6) is 0 Å². The molecule has 2 amide bonds. The molecule has 0 fully saturated rings. The topological polar surface area (TPSA) is 58.2 Å². The van der Waals surface area contributed by atoms with Crippen molar-refractivity contribution in [2.75, 3.05) is 14.1 Å². The Bertz CT molecular complexity index is 300. The van der Waals surface area contributed by atoms with Crippen molar-refractivity contribution in [3.63, 3.8) is 0 Å². The van der Waals surface area contributed by atoms with Crippen molar-refractivity contribution in [1.82, 2.24) is 10.6 Å². The Morgan fingerprint density at radius 2 is 1.00 bits per heavy atom. The van der Waals surface area contributed by atoms with E-state index in [1.807, 2.05) is 0 Å². The van der Waals surface area contributed by atoms with E-state index in [2.05, 4.69) is 0 Å². The average molecular weight is 266 g/mol. The lowest BCUT2D eigenvalue weighted by atomic mass is 10.0. The molecule has 0 aliphatic heterocycles. The first kappa shape index (κ1) is 15.5. The molecular formula is C7H8F6N2O2. The largest absolute Gasteiger partial charge is 0.393 e. The number of rotatable bonds is 4. The fourth-order valence-electron chi connectivity index (χ4n) is 0.796. The van der Waals surface area contributed by atoms with Gasteiger partial charge >= 0.3 is 17.8 Å². The summed E-state index contributed by atoms with van der Waals surface area (Å²) in [7, 11) is 1.12. The van der Waals surface area contributed by atoms with Gasteiger partial charge in [0.1, 0.15) is 0 Å². The second-order valence-electron chi connectivity index (χ2n) is 2.88. The summed E-state index contributed by atoms with van der Waals surface area (Å²) >= 11 is 0. The molecular weight excluding hydrogens is 258 g/mol. The SMILES string of the molecule is CNC(=O)C(F)(F)C(F)(F)C(F)(F)C(=O)NC.